The first-order valence-corrected chi connectivity index (χ1v) is 9.08. The molecule has 0 radical (unpaired) electrons. The van der Waals surface area contributed by atoms with E-state index >= 15 is 0 Å². The van der Waals surface area contributed by atoms with Gasteiger partial charge in [0.2, 0.25) is 0 Å². The van der Waals surface area contributed by atoms with E-state index in [4.69, 9.17) is 11.1 Å². The molecule has 0 saturated heterocycles. The van der Waals surface area contributed by atoms with Gasteiger partial charge in [0.25, 0.3) is 5.91 Å². The van der Waals surface area contributed by atoms with Crippen molar-refractivity contribution in [2.45, 2.75) is 13.3 Å². The molecule has 29 heavy (non-hydrogen) atoms. The Bertz CT molecular complexity index is 1120. The zero-order valence-electron chi connectivity index (χ0n) is 16.6. The fourth-order valence-corrected chi connectivity index (χ4v) is 3.14. The van der Waals surface area contributed by atoms with Gasteiger partial charge >= 0.3 is 5.97 Å². The maximum atomic E-state index is 12.4. The first kappa shape index (κ1) is 20.1. The van der Waals surface area contributed by atoms with Crippen LogP contribution in [0.5, 0.6) is 0 Å². The van der Waals surface area contributed by atoms with Gasteiger partial charge in [0.05, 0.1) is 24.6 Å². The Morgan fingerprint density at radius 3 is 2.69 bits per heavy atom. The van der Waals surface area contributed by atoms with Gasteiger partial charge in [0.1, 0.15) is 11.7 Å². The number of hydrogen-bond donors (Lipinski definition) is 3. The number of benzene rings is 2. The lowest BCUT2D eigenvalue weighted by Crippen LogP contribution is -2.26. The Balaban J connectivity index is 1.94. The van der Waals surface area contributed by atoms with Gasteiger partial charge in [0.15, 0.2) is 0 Å². The molecule has 1 heterocycles. The lowest BCUT2D eigenvalue weighted by molar-refractivity contribution is -0.140. The van der Waals surface area contributed by atoms with E-state index in [0.717, 1.165) is 16.6 Å². The fraction of sp³-hybridized carbons (Fsp3) is 0.238. The number of esters is 1. The van der Waals surface area contributed by atoms with Crippen molar-refractivity contribution in [1.82, 2.24) is 14.9 Å². The van der Waals surface area contributed by atoms with Crippen LogP contribution in [0, 0.1) is 12.3 Å². The summed E-state index contributed by atoms with van der Waals surface area (Å²) in [7, 11) is 3.19. The summed E-state index contributed by atoms with van der Waals surface area (Å²) in [5.41, 5.74) is 10.1. The second kappa shape index (κ2) is 8.14. The molecule has 8 heteroatoms. The van der Waals surface area contributed by atoms with Crippen molar-refractivity contribution >= 4 is 28.7 Å². The van der Waals surface area contributed by atoms with Crippen LogP contribution in [-0.2, 0) is 16.6 Å². The molecule has 0 unspecified atom stereocenters. The number of ether oxygens (including phenoxy) is 1. The fourth-order valence-electron chi connectivity index (χ4n) is 3.14. The minimum Gasteiger partial charge on any atom is -0.469 e. The average Bonchev–Trinajstić information content (AvgIpc) is 3.03. The van der Waals surface area contributed by atoms with Crippen molar-refractivity contribution in [3.05, 3.63) is 53.1 Å². The standard InChI is InChI=1S/C21H23N5O3/c1-12-4-6-14(15(10-12)19(22)23)20-25-16-11-13(5-7-17(16)26(20)2)21(28)24-9-8-18(27)29-3/h4-7,10-11H,8-9H2,1-3H3,(H3,22,23)(H,24,28). The normalized spacial score (nSPS) is 10.7. The van der Waals surface area contributed by atoms with Crippen LogP contribution in [0.3, 0.4) is 0 Å². The zero-order valence-corrected chi connectivity index (χ0v) is 16.6. The van der Waals surface area contributed by atoms with Crippen LogP contribution in [0.1, 0.15) is 27.9 Å². The van der Waals surface area contributed by atoms with Gasteiger partial charge in [-0.25, -0.2) is 4.98 Å². The molecular formula is C21H23N5O3. The lowest BCUT2D eigenvalue weighted by Gasteiger charge is -2.09. The van der Waals surface area contributed by atoms with Crippen molar-refractivity contribution < 1.29 is 14.3 Å². The number of amides is 1. The van der Waals surface area contributed by atoms with Crippen molar-refractivity contribution in [3.63, 3.8) is 0 Å². The summed E-state index contributed by atoms with van der Waals surface area (Å²) in [5, 5.41) is 10.6. The molecule has 0 fully saturated rings. The number of imidazole rings is 1. The van der Waals surface area contributed by atoms with E-state index in [1.165, 1.54) is 7.11 Å². The van der Waals surface area contributed by atoms with Crippen molar-refractivity contribution in [3.8, 4) is 11.4 Å². The minimum atomic E-state index is -0.380. The molecule has 0 saturated carbocycles. The van der Waals surface area contributed by atoms with Crippen molar-refractivity contribution in [2.24, 2.45) is 12.8 Å². The zero-order chi connectivity index (χ0) is 21.1. The summed E-state index contributed by atoms with van der Waals surface area (Å²) in [6, 6.07) is 10.9. The molecule has 1 aromatic heterocycles. The number of aryl methyl sites for hydroxylation is 2. The summed E-state index contributed by atoms with van der Waals surface area (Å²) >= 11 is 0. The summed E-state index contributed by atoms with van der Waals surface area (Å²) in [5.74, 6) is -0.0351. The van der Waals surface area contributed by atoms with Crippen LogP contribution in [0.25, 0.3) is 22.4 Å². The number of hydrogen-bond acceptors (Lipinski definition) is 5. The Morgan fingerprint density at radius 1 is 1.24 bits per heavy atom. The molecule has 4 N–H and O–H groups in total. The SMILES string of the molecule is COC(=O)CCNC(=O)c1ccc2c(c1)nc(-c1ccc(C)cc1C(=N)N)n2C. The quantitative estimate of drug-likeness (QED) is 0.336. The lowest BCUT2D eigenvalue weighted by atomic mass is 10.0. The van der Waals surface area contributed by atoms with Crippen LogP contribution in [0.15, 0.2) is 36.4 Å². The third-order valence-corrected chi connectivity index (χ3v) is 4.69. The number of rotatable bonds is 6. The van der Waals surface area contributed by atoms with Crippen LogP contribution in [0.2, 0.25) is 0 Å². The monoisotopic (exact) mass is 393 g/mol. The van der Waals surface area contributed by atoms with Crippen molar-refractivity contribution in [2.75, 3.05) is 13.7 Å². The van der Waals surface area contributed by atoms with E-state index in [9.17, 15) is 9.59 Å². The summed E-state index contributed by atoms with van der Waals surface area (Å²) in [4.78, 5) is 28.2. The first-order chi connectivity index (χ1) is 13.8. The molecule has 8 nitrogen and oxygen atoms in total. The summed E-state index contributed by atoms with van der Waals surface area (Å²) in [6.07, 6.45) is 0.111. The van der Waals surface area contributed by atoms with Gasteiger partial charge in [-0.05, 0) is 31.2 Å². The minimum absolute atomic E-state index is 0.0265. The van der Waals surface area contributed by atoms with E-state index in [2.05, 4.69) is 15.0 Å². The van der Waals surface area contributed by atoms with Crippen LogP contribution >= 0.6 is 0 Å². The second-order valence-electron chi connectivity index (χ2n) is 6.74. The molecule has 0 aliphatic rings. The molecule has 0 spiro atoms. The van der Waals surface area contributed by atoms with E-state index < -0.39 is 0 Å². The Morgan fingerprint density at radius 2 is 2.00 bits per heavy atom. The number of methoxy groups -OCH3 is 1. The number of aromatic nitrogens is 2. The Kier molecular flexibility index (Phi) is 5.63. The maximum absolute atomic E-state index is 12.4. The van der Waals surface area contributed by atoms with Crippen molar-refractivity contribution in [1.29, 1.82) is 5.41 Å². The van der Waals surface area contributed by atoms with Gasteiger partial charge in [-0.2, -0.15) is 0 Å². The van der Waals surface area contributed by atoms with Gasteiger partial charge in [-0.1, -0.05) is 17.7 Å². The molecule has 3 rings (SSSR count). The van der Waals surface area contributed by atoms with Gasteiger partial charge in [-0.15, -0.1) is 0 Å². The molecule has 2 aromatic carbocycles. The van der Waals surface area contributed by atoms with E-state index in [1.807, 2.05) is 42.8 Å². The highest BCUT2D eigenvalue weighted by Crippen LogP contribution is 2.27. The highest BCUT2D eigenvalue weighted by molar-refractivity contribution is 6.02. The number of nitrogens with two attached hydrogens (primary N) is 1. The molecule has 3 aromatic rings. The third-order valence-electron chi connectivity index (χ3n) is 4.69. The second-order valence-corrected chi connectivity index (χ2v) is 6.74. The van der Waals surface area contributed by atoms with Gasteiger partial charge < -0.3 is 20.4 Å². The largest absolute Gasteiger partial charge is 0.469 e. The van der Waals surface area contributed by atoms with E-state index in [0.29, 0.717) is 22.5 Å². The van der Waals surface area contributed by atoms with Gasteiger partial charge in [-0.3, -0.25) is 15.0 Å². The number of nitrogen functional groups attached to an aromatic ring is 1. The smallest absolute Gasteiger partial charge is 0.307 e. The molecular weight excluding hydrogens is 370 g/mol. The molecule has 0 aliphatic heterocycles. The molecule has 1 amide bonds. The molecule has 0 atom stereocenters. The van der Waals surface area contributed by atoms with Gasteiger partial charge in [0, 0.05) is 30.3 Å². The summed E-state index contributed by atoms with van der Waals surface area (Å²) < 4.78 is 6.47. The highest BCUT2D eigenvalue weighted by Gasteiger charge is 2.16. The van der Waals surface area contributed by atoms with Crippen LogP contribution in [0.4, 0.5) is 0 Å². The number of nitrogens with one attached hydrogen (secondary N) is 2. The number of amidine groups is 1. The third kappa shape index (κ3) is 4.11. The molecule has 0 aliphatic carbocycles. The predicted molar refractivity (Wildman–Crippen MR) is 111 cm³/mol. The first-order valence-electron chi connectivity index (χ1n) is 9.08. The number of nitrogens with zero attached hydrogens (tertiary/aromatic N) is 2. The number of carbonyl (C=O) groups is 2. The molecule has 150 valence electrons. The molecule has 0 bridgehead atoms. The highest BCUT2D eigenvalue weighted by atomic mass is 16.5. The maximum Gasteiger partial charge on any atom is 0.307 e. The van der Waals surface area contributed by atoms with E-state index in [-0.39, 0.29) is 30.7 Å². The predicted octanol–water partition coefficient (Wildman–Crippen LogP) is 2.13. The average molecular weight is 393 g/mol. The summed E-state index contributed by atoms with van der Waals surface area (Å²) in [6.45, 7) is 2.14. The topological polar surface area (TPSA) is 123 Å². The van der Waals surface area contributed by atoms with Crippen LogP contribution < -0.4 is 11.1 Å². The number of fused-ring (bicyclic) bond motifs is 1. The Hall–Kier alpha value is -3.68. The van der Waals surface area contributed by atoms with E-state index in [1.54, 1.807) is 12.1 Å². The Labute approximate surface area is 168 Å². The number of carbonyl (C=O) groups excluding carboxylic acids is 2. The van der Waals surface area contributed by atoms with Crippen LogP contribution in [-0.4, -0.2) is 40.9 Å².